The Kier molecular flexibility index (Phi) is 3.96. The molecule has 1 atom stereocenters. The van der Waals surface area contributed by atoms with Crippen molar-refractivity contribution in [1.29, 1.82) is 0 Å². The molecule has 1 fully saturated rings. The molecule has 0 aromatic carbocycles. The first-order chi connectivity index (χ1) is 10.4. The highest BCUT2D eigenvalue weighted by Gasteiger charge is 2.28. The van der Waals surface area contributed by atoms with Crippen LogP contribution in [0.3, 0.4) is 0 Å². The van der Waals surface area contributed by atoms with Crippen molar-refractivity contribution >= 4 is 10.0 Å². The zero-order valence-corrected chi connectivity index (χ0v) is 13.5. The first kappa shape index (κ1) is 15.1. The highest BCUT2D eigenvalue weighted by atomic mass is 32.2. The molecule has 0 aliphatic carbocycles. The van der Waals surface area contributed by atoms with E-state index < -0.39 is 10.0 Å². The van der Waals surface area contributed by atoms with Crippen molar-refractivity contribution in [3.63, 3.8) is 0 Å². The zero-order chi connectivity index (χ0) is 15.7. The number of nitrogens with one attached hydrogen (secondary N) is 1. The molecule has 22 heavy (non-hydrogen) atoms. The first-order valence-electron chi connectivity index (χ1n) is 7.23. The van der Waals surface area contributed by atoms with Crippen LogP contribution in [0.2, 0.25) is 0 Å². The molecule has 1 unspecified atom stereocenters. The average molecular weight is 321 g/mol. The van der Waals surface area contributed by atoms with Gasteiger partial charge in [-0.2, -0.15) is 5.10 Å². The van der Waals surface area contributed by atoms with E-state index in [0.717, 1.165) is 29.9 Å². The van der Waals surface area contributed by atoms with Crippen LogP contribution in [0.15, 0.2) is 18.5 Å². The fourth-order valence-corrected chi connectivity index (χ4v) is 3.65. The Morgan fingerprint density at radius 3 is 2.82 bits per heavy atom. The maximum Gasteiger partial charge on any atom is 0.211 e. The maximum absolute atomic E-state index is 11.7. The Morgan fingerprint density at radius 1 is 1.32 bits per heavy atom. The topological polar surface area (TPSA) is 91.8 Å². The normalized spacial score (nSPS) is 20.2. The van der Waals surface area contributed by atoms with Crippen LogP contribution in [0.4, 0.5) is 0 Å². The number of rotatable bonds is 3. The summed E-state index contributed by atoms with van der Waals surface area (Å²) >= 11 is 0. The van der Waals surface area contributed by atoms with E-state index in [2.05, 4.69) is 20.2 Å². The first-order valence-corrected chi connectivity index (χ1v) is 9.08. The summed E-state index contributed by atoms with van der Waals surface area (Å²) in [4.78, 5) is 8.88. The second-order valence-corrected chi connectivity index (χ2v) is 7.71. The molecule has 0 spiro atoms. The van der Waals surface area contributed by atoms with Gasteiger partial charge in [0.2, 0.25) is 10.0 Å². The maximum atomic E-state index is 11.7. The van der Waals surface area contributed by atoms with Crippen molar-refractivity contribution in [2.45, 2.75) is 25.7 Å². The number of hydrogen-bond donors (Lipinski definition) is 1. The van der Waals surface area contributed by atoms with Crippen molar-refractivity contribution in [1.82, 2.24) is 24.5 Å². The Balaban J connectivity index is 1.86. The number of aryl methyl sites for hydroxylation is 1. The minimum Gasteiger partial charge on any atom is -0.282 e. The molecule has 2 aromatic rings. The van der Waals surface area contributed by atoms with Crippen molar-refractivity contribution in [2.24, 2.45) is 0 Å². The van der Waals surface area contributed by atoms with Crippen LogP contribution in [-0.4, -0.2) is 52.2 Å². The molecule has 7 nitrogen and oxygen atoms in total. The van der Waals surface area contributed by atoms with E-state index in [1.807, 2.05) is 13.0 Å². The Labute approximate surface area is 129 Å². The third-order valence-electron chi connectivity index (χ3n) is 3.89. The molecular formula is C14H19N5O2S. The minimum atomic E-state index is -3.16. The number of sulfonamides is 1. The largest absolute Gasteiger partial charge is 0.282 e. The van der Waals surface area contributed by atoms with Crippen molar-refractivity contribution in [2.75, 3.05) is 19.3 Å². The lowest BCUT2D eigenvalue weighted by molar-refractivity contribution is 0.314. The van der Waals surface area contributed by atoms with Gasteiger partial charge in [-0.05, 0) is 25.8 Å². The second kappa shape index (κ2) is 5.77. The molecule has 1 aliphatic heterocycles. The molecular weight excluding hydrogens is 302 g/mol. The molecule has 1 N–H and O–H groups in total. The molecule has 0 amide bonds. The summed E-state index contributed by atoms with van der Waals surface area (Å²) in [5.41, 5.74) is 3.25. The predicted octanol–water partition coefficient (Wildman–Crippen LogP) is 1.31. The lowest BCUT2D eigenvalue weighted by Crippen LogP contribution is -2.38. The molecule has 1 aliphatic rings. The molecule has 3 heterocycles. The minimum absolute atomic E-state index is 0.0796. The summed E-state index contributed by atoms with van der Waals surface area (Å²) in [7, 11) is -3.16. The van der Waals surface area contributed by atoms with E-state index in [-0.39, 0.29) is 5.92 Å². The van der Waals surface area contributed by atoms with Crippen molar-refractivity contribution in [3.8, 4) is 11.4 Å². The molecule has 118 valence electrons. The molecule has 2 aromatic heterocycles. The van der Waals surface area contributed by atoms with Gasteiger partial charge in [-0.25, -0.2) is 17.7 Å². The fraction of sp³-hybridized carbons (Fsp3) is 0.500. The third-order valence-corrected chi connectivity index (χ3v) is 5.16. The van der Waals surface area contributed by atoms with E-state index in [1.54, 1.807) is 12.4 Å². The van der Waals surface area contributed by atoms with Gasteiger partial charge in [0, 0.05) is 30.9 Å². The number of nitrogens with zero attached hydrogens (tertiary/aromatic N) is 4. The summed E-state index contributed by atoms with van der Waals surface area (Å²) < 4.78 is 25.0. The fourth-order valence-electron chi connectivity index (χ4n) is 2.74. The number of aromatic nitrogens is 4. The van der Waals surface area contributed by atoms with Gasteiger partial charge in [0.15, 0.2) is 0 Å². The second-order valence-electron chi connectivity index (χ2n) is 5.73. The smallest absolute Gasteiger partial charge is 0.211 e. The summed E-state index contributed by atoms with van der Waals surface area (Å²) in [5, 5.41) is 7.08. The van der Waals surface area contributed by atoms with Crippen LogP contribution in [0.25, 0.3) is 11.4 Å². The van der Waals surface area contributed by atoms with Crippen molar-refractivity contribution < 1.29 is 8.42 Å². The van der Waals surface area contributed by atoms with Crippen LogP contribution in [-0.2, 0) is 10.0 Å². The van der Waals surface area contributed by atoms with Crippen LogP contribution >= 0.6 is 0 Å². The highest BCUT2D eigenvalue weighted by Crippen LogP contribution is 2.27. The molecule has 0 saturated carbocycles. The van der Waals surface area contributed by atoms with E-state index in [1.165, 1.54) is 10.6 Å². The number of hydrogen-bond acceptors (Lipinski definition) is 5. The van der Waals surface area contributed by atoms with Gasteiger partial charge >= 0.3 is 0 Å². The Hall–Kier alpha value is -1.80. The monoisotopic (exact) mass is 321 g/mol. The van der Waals surface area contributed by atoms with Gasteiger partial charge in [-0.15, -0.1) is 0 Å². The standard InChI is InChI=1S/C14H19N5O2S/c1-10-6-12(18-17-10)14-8-15-7-13(16-14)11-4-3-5-19(9-11)22(2,20)21/h6-8,11H,3-5,9H2,1-2H3,(H,17,18). The van der Waals surface area contributed by atoms with Gasteiger partial charge in [0.25, 0.3) is 0 Å². The summed E-state index contributed by atoms with van der Waals surface area (Å²) in [6.07, 6.45) is 6.41. The van der Waals surface area contributed by atoms with Crippen LogP contribution in [0.5, 0.6) is 0 Å². The third kappa shape index (κ3) is 3.17. The van der Waals surface area contributed by atoms with Gasteiger partial charge in [-0.1, -0.05) is 0 Å². The van der Waals surface area contributed by atoms with Gasteiger partial charge < -0.3 is 0 Å². The summed E-state index contributed by atoms with van der Waals surface area (Å²) in [6.45, 7) is 2.98. The average Bonchev–Trinajstić information content (AvgIpc) is 2.93. The lowest BCUT2D eigenvalue weighted by Gasteiger charge is -2.30. The number of H-pyrrole nitrogens is 1. The van der Waals surface area contributed by atoms with Crippen LogP contribution in [0.1, 0.15) is 30.1 Å². The highest BCUT2D eigenvalue weighted by molar-refractivity contribution is 7.88. The molecule has 0 radical (unpaired) electrons. The molecule has 3 rings (SSSR count). The quantitative estimate of drug-likeness (QED) is 0.920. The lowest BCUT2D eigenvalue weighted by atomic mass is 9.96. The summed E-state index contributed by atoms with van der Waals surface area (Å²) in [5.74, 6) is 0.0796. The predicted molar refractivity (Wildman–Crippen MR) is 82.7 cm³/mol. The number of piperidine rings is 1. The summed E-state index contributed by atoms with van der Waals surface area (Å²) in [6, 6.07) is 1.91. The van der Waals surface area contributed by atoms with E-state index in [4.69, 9.17) is 0 Å². The van der Waals surface area contributed by atoms with E-state index in [9.17, 15) is 8.42 Å². The number of aromatic amines is 1. The van der Waals surface area contributed by atoms with Crippen LogP contribution in [0, 0.1) is 6.92 Å². The molecule has 1 saturated heterocycles. The van der Waals surface area contributed by atoms with Crippen molar-refractivity contribution in [3.05, 3.63) is 29.8 Å². The zero-order valence-electron chi connectivity index (χ0n) is 12.7. The Bertz CT molecular complexity index is 771. The van der Waals surface area contributed by atoms with Gasteiger partial charge in [0.1, 0.15) is 11.4 Å². The Morgan fingerprint density at radius 2 is 2.14 bits per heavy atom. The van der Waals surface area contributed by atoms with Gasteiger partial charge in [0.05, 0.1) is 18.1 Å². The SMILES string of the molecule is Cc1cc(-c2cncc(C3CCCN(S(C)(=O)=O)C3)n2)n[nH]1. The van der Waals surface area contributed by atoms with Gasteiger partial charge in [-0.3, -0.25) is 10.1 Å². The van der Waals surface area contributed by atoms with Crippen LogP contribution < -0.4 is 0 Å². The van der Waals surface area contributed by atoms with E-state index >= 15 is 0 Å². The van der Waals surface area contributed by atoms with E-state index in [0.29, 0.717) is 18.8 Å². The molecule has 0 bridgehead atoms. The molecule has 8 heteroatoms.